The monoisotopic (exact) mass is 290 g/mol. The number of carbonyl (C=O) groups is 1. The average Bonchev–Trinajstić information content (AvgIpc) is 2.78. The normalized spacial score (nSPS) is 21.9. The van der Waals surface area contributed by atoms with Gasteiger partial charge in [0.1, 0.15) is 10.6 Å². The number of aryl methyl sites for hydroxylation is 1. The third-order valence-corrected chi connectivity index (χ3v) is 6.20. The first-order chi connectivity index (χ1) is 8.42. The molecule has 1 atom stereocenters. The molecule has 0 amide bonds. The summed E-state index contributed by atoms with van der Waals surface area (Å²) in [7, 11) is -3.01. The molecule has 1 aliphatic rings. The number of nitrogens with one attached hydrogen (secondary N) is 1. The fraction of sp³-hybridized carbons (Fsp3) is 0.600. The second-order valence-electron chi connectivity index (χ2n) is 4.29. The highest BCUT2D eigenvalue weighted by molar-refractivity contribution is 7.92. The van der Waals surface area contributed by atoms with E-state index in [0.29, 0.717) is 23.5 Å². The van der Waals surface area contributed by atoms with Crippen LogP contribution in [0, 0.1) is 6.92 Å². The van der Waals surface area contributed by atoms with Crippen molar-refractivity contribution in [2.75, 3.05) is 17.6 Å². The Labute approximate surface area is 109 Å². The summed E-state index contributed by atoms with van der Waals surface area (Å²) in [5.74, 6) is -0.814. The van der Waals surface area contributed by atoms with Crippen molar-refractivity contribution in [3.05, 3.63) is 11.3 Å². The van der Waals surface area contributed by atoms with Crippen LogP contribution in [0.15, 0.2) is 0 Å². The number of aromatic carboxylic acids is 1. The lowest BCUT2D eigenvalue weighted by Gasteiger charge is -2.10. The summed E-state index contributed by atoms with van der Waals surface area (Å²) in [4.78, 5) is 11.0. The van der Waals surface area contributed by atoms with Crippen LogP contribution in [0.25, 0.3) is 0 Å². The number of sulfone groups is 1. The van der Waals surface area contributed by atoms with Crippen molar-refractivity contribution in [2.45, 2.75) is 25.0 Å². The van der Waals surface area contributed by atoms with Crippen molar-refractivity contribution >= 4 is 32.3 Å². The van der Waals surface area contributed by atoms with E-state index in [1.165, 1.54) is 0 Å². The predicted octanol–water partition coefficient (Wildman–Crippen LogP) is 1.14. The van der Waals surface area contributed by atoms with Crippen LogP contribution in [0.4, 0.5) is 5.00 Å². The molecule has 0 aliphatic carbocycles. The van der Waals surface area contributed by atoms with E-state index < -0.39 is 21.1 Å². The van der Waals surface area contributed by atoms with Crippen molar-refractivity contribution in [3.63, 3.8) is 0 Å². The van der Waals surface area contributed by atoms with Crippen LogP contribution >= 0.6 is 11.5 Å². The van der Waals surface area contributed by atoms with Crippen LogP contribution in [0.1, 0.15) is 28.9 Å². The van der Waals surface area contributed by atoms with Crippen LogP contribution < -0.4 is 5.32 Å². The Balaban J connectivity index is 2.09. The van der Waals surface area contributed by atoms with Gasteiger partial charge in [0.2, 0.25) is 0 Å². The SMILES string of the molecule is Cc1nsc(NCC2CCCS2(=O)=O)c1C(=O)O. The van der Waals surface area contributed by atoms with Gasteiger partial charge in [0.15, 0.2) is 9.84 Å². The molecule has 1 aliphatic heterocycles. The Kier molecular flexibility index (Phi) is 3.58. The lowest BCUT2D eigenvalue weighted by molar-refractivity contribution is 0.0697. The van der Waals surface area contributed by atoms with E-state index in [1.807, 2.05) is 0 Å². The van der Waals surface area contributed by atoms with Gasteiger partial charge in [-0.2, -0.15) is 4.37 Å². The highest BCUT2D eigenvalue weighted by Gasteiger charge is 2.31. The maximum atomic E-state index is 11.6. The topological polar surface area (TPSA) is 96.4 Å². The van der Waals surface area contributed by atoms with Crippen molar-refractivity contribution in [2.24, 2.45) is 0 Å². The minimum atomic E-state index is -3.01. The molecular weight excluding hydrogens is 276 g/mol. The lowest BCUT2D eigenvalue weighted by atomic mass is 10.2. The van der Waals surface area contributed by atoms with Crippen LogP contribution in [0.5, 0.6) is 0 Å². The van der Waals surface area contributed by atoms with Crippen LogP contribution in [-0.4, -0.2) is 41.4 Å². The Bertz CT molecular complexity index is 564. The molecule has 2 rings (SSSR count). The van der Waals surface area contributed by atoms with Gasteiger partial charge in [-0.1, -0.05) is 0 Å². The molecule has 0 saturated carbocycles. The number of rotatable bonds is 4. The summed E-state index contributed by atoms with van der Waals surface area (Å²) in [5, 5.41) is 12.0. The Hall–Kier alpha value is -1.15. The van der Waals surface area contributed by atoms with E-state index in [4.69, 9.17) is 5.11 Å². The van der Waals surface area contributed by atoms with Gasteiger partial charge in [-0.25, -0.2) is 13.2 Å². The van der Waals surface area contributed by atoms with E-state index in [0.717, 1.165) is 11.5 Å². The smallest absolute Gasteiger partial charge is 0.340 e. The number of nitrogens with zero attached hydrogens (tertiary/aromatic N) is 1. The first kappa shape index (κ1) is 13.3. The largest absolute Gasteiger partial charge is 0.478 e. The number of hydrogen-bond donors (Lipinski definition) is 2. The first-order valence-corrected chi connectivity index (χ1v) is 8.05. The molecule has 0 bridgehead atoms. The summed E-state index contributed by atoms with van der Waals surface area (Å²) in [5.41, 5.74) is 0.583. The van der Waals surface area contributed by atoms with Crippen LogP contribution in [-0.2, 0) is 9.84 Å². The number of anilines is 1. The third-order valence-electron chi connectivity index (χ3n) is 3.03. The second kappa shape index (κ2) is 4.85. The maximum Gasteiger partial charge on any atom is 0.340 e. The number of carboxylic acid groups (broad SMARTS) is 1. The highest BCUT2D eigenvalue weighted by Crippen LogP contribution is 2.26. The summed E-state index contributed by atoms with van der Waals surface area (Å²) in [6.45, 7) is 1.88. The molecule has 1 fully saturated rings. The van der Waals surface area contributed by atoms with Crippen molar-refractivity contribution in [1.29, 1.82) is 0 Å². The quantitative estimate of drug-likeness (QED) is 0.863. The zero-order valence-electron chi connectivity index (χ0n) is 9.84. The fourth-order valence-electron chi connectivity index (χ4n) is 2.04. The molecule has 1 saturated heterocycles. The molecule has 2 heterocycles. The van der Waals surface area contributed by atoms with Gasteiger partial charge in [0.25, 0.3) is 0 Å². The van der Waals surface area contributed by atoms with E-state index in [2.05, 4.69) is 9.69 Å². The summed E-state index contributed by atoms with van der Waals surface area (Å²) in [6.07, 6.45) is 1.32. The first-order valence-electron chi connectivity index (χ1n) is 5.57. The Morgan fingerprint density at radius 2 is 2.33 bits per heavy atom. The molecule has 1 aromatic heterocycles. The van der Waals surface area contributed by atoms with Gasteiger partial charge in [-0.15, -0.1) is 0 Å². The summed E-state index contributed by atoms with van der Waals surface area (Å²) < 4.78 is 27.2. The van der Waals surface area contributed by atoms with Crippen LogP contribution in [0.2, 0.25) is 0 Å². The van der Waals surface area contributed by atoms with Crippen molar-refractivity contribution < 1.29 is 18.3 Å². The third kappa shape index (κ3) is 2.49. The predicted molar refractivity (Wildman–Crippen MR) is 69.1 cm³/mol. The summed E-state index contributed by atoms with van der Waals surface area (Å²) >= 11 is 1.05. The summed E-state index contributed by atoms with van der Waals surface area (Å²) in [6, 6.07) is 0. The Morgan fingerprint density at radius 1 is 1.61 bits per heavy atom. The fourth-order valence-corrected chi connectivity index (χ4v) is 4.60. The average molecular weight is 290 g/mol. The molecule has 100 valence electrons. The van der Waals surface area contributed by atoms with Crippen molar-refractivity contribution in [3.8, 4) is 0 Å². The van der Waals surface area contributed by atoms with E-state index in [-0.39, 0.29) is 17.9 Å². The van der Waals surface area contributed by atoms with E-state index >= 15 is 0 Å². The molecule has 8 heteroatoms. The molecular formula is C10H14N2O4S2. The van der Waals surface area contributed by atoms with Crippen LogP contribution in [0.3, 0.4) is 0 Å². The molecule has 0 radical (unpaired) electrons. The van der Waals surface area contributed by atoms with Gasteiger partial charge in [0, 0.05) is 6.54 Å². The number of hydrogen-bond acceptors (Lipinski definition) is 6. The highest BCUT2D eigenvalue weighted by atomic mass is 32.2. The van der Waals surface area contributed by atoms with E-state index in [1.54, 1.807) is 6.92 Å². The number of aromatic nitrogens is 1. The van der Waals surface area contributed by atoms with Gasteiger partial charge >= 0.3 is 5.97 Å². The van der Waals surface area contributed by atoms with Crippen molar-refractivity contribution in [1.82, 2.24) is 4.37 Å². The van der Waals surface area contributed by atoms with Gasteiger partial charge in [-0.3, -0.25) is 0 Å². The molecule has 6 nitrogen and oxygen atoms in total. The minimum absolute atomic E-state index is 0.135. The van der Waals surface area contributed by atoms with E-state index in [9.17, 15) is 13.2 Å². The molecule has 0 aromatic carbocycles. The van der Waals surface area contributed by atoms with Gasteiger partial charge in [0.05, 0.1) is 16.7 Å². The molecule has 2 N–H and O–H groups in total. The molecule has 1 aromatic rings. The van der Waals surface area contributed by atoms with Gasteiger partial charge < -0.3 is 10.4 Å². The standard InChI is InChI=1S/C10H14N2O4S2/c1-6-8(10(13)14)9(17-12-6)11-5-7-3-2-4-18(7,15)16/h7,11H,2-5H2,1H3,(H,13,14). The minimum Gasteiger partial charge on any atom is -0.478 e. The second-order valence-corrected chi connectivity index (χ2v) is 7.46. The molecule has 0 spiro atoms. The molecule has 1 unspecified atom stereocenters. The molecule has 18 heavy (non-hydrogen) atoms. The van der Waals surface area contributed by atoms with Gasteiger partial charge in [-0.05, 0) is 31.3 Å². The lowest BCUT2D eigenvalue weighted by Crippen LogP contribution is -2.25. The maximum absolute atomic E-state index is 11.6. The zero-order chi connectivity index (χ0) is 13.3. The zero-order valence-corrected chi connectivity index (χ0v) is 11.5. The number of carboxylic acids is 1. The Morgan fingerprint density at radius 3 is 2.89 bits per heavy atom.